The van der Waals surface area contributed by atoms with E-state index in [0.717, 1.165) is 25.9 Å². The van der Waals surface area contributed by atoms with Gasteiger partial charge in [-0.1, -0.05) is 20.8 Å². The first-order chi connectivity index (χ1) is 6.48. The summed E-state index contributed by atoms with van der Waals surface area (Å²) >= 11 is 6.42. The Hall–Kier alpha value is 0.250. The predicted molar refractivity (Wildman–Crippen MR) is 61.9 cm³/mol. The van der Waals surface area contributed by atoms with Crippen molar-refractivity contribution < 1.29 is 4.74 Å². The molecule has 0 N–H and O–H groups in total. The second kappa shape index (κ2) is 4.85. The number of hydrogen-bond donors (Lipinski definition) is 0. The Morgan fingerprint density at radius 2 is 2.14 bits per heavy atom. The number of rotatable bonds is 3. The fraction of sp³-hybridized carbons (Fsp3) is 1.00. The monoisotopic (exact) mass is 218 g/mol. The number of ether oxygens (including phenoxy) is 1. The SMILES string of the molecule is CCC1(C)CC(C(Cl)C(C)C)CCO1. The lowest BCUT2D eigenvalue weighted by molar-refractivity contribution is -0.0888. The van der Waals surface area contributed by atoms with Crippen LogP contribution in [0.1, 0.15) is 47.0 Å². The Balaban J connectivity index is 2.56. The van der Waals surface area contributed by atoms with Gasteiger partial charge < -0.3 is 4.74 Å². The lowest BCUT2D eigenvalue weighted by atomic mass is 9.81. The smallest absolute Gasteiger partial charge is 0.0655 e. The summed E-state index contributed by atoms with van der Waals surface area (Å²) in [5.41, 5.74) is 0.0744. The number of halogens is 1. The van der Waals surface area contributed by atoms with Crippen molar-refractivity contribution in [2.24, 2.45) is 11.8 Å². The quantitative estimate of drug-likeness (QED) is 0.654. The molecule has 84 valence electrons. The van der Waals surface area contributed by atoms with Gasteiger partial charge in [0.15, 0.2) is 0 Å². The molecule has 0 aromatic rings. The van der Waals surface area contributed by atoms with Gasteiger partial charge in [0.05, 0.1) is 5.60 Å². The first-order valence-electron chi connectivity index (χ1n) is 5.76. The van der Waals surface area contributed by atoms with Crippen LogP contribution in [-0.2, 0) is 4.74 Å². The first-order valence-corrected chi connectivity index (χ1v) is 6.20. The Bertz CT molecular complexity index is 181. The van der Waals surface area contributed by atoms with Crippen molar-refractivity contribution in [3.8, 4) is 0 Å². The summed E-state index contributed by atoms with van der Waals surface area (Å²) in [4.78, 5) is 0. The van der Waals surface area contributed by atoms with Crippen LogP contribution in [-0.4, -0.2) is 17.6 Å². The highest BCUT2D eigenvalue weighted by atomic mass is 35.5. The minimum Gasteiger partial charge on any atom is -0.375 e. The third-order valence-electron chi connectivity index (χ3n) is 3.47. The van der Waals surface area contributed by atoms with E-state index in [1.54, 1.807) is 0 Å². The average Bonchev–Trinajstić information content (AvgIpc) is 2.16. The zero-order valence-corrected chi connectivity index (χ0v) is 10.6. The van der Waals surface area contributed by atoms with Crippen molar-refractivity contribution in [2.45, 2.75) is 57.9 Å². The Kier molecular flexibility index (Phi) is 4.27. The molecule has 0 aromatic heterocycles. The van der Waals surface area contributed by atoms with Crippen LogP contribution >= 0.6 is 11.6 Å². The molecule has 0 radical (unpaired) electrons. The Morgan fingerprint density at radius 1 is 1.50 bits per heavy atom. The van der Waals surface area contributed by atoms with Crippen molar-refractivity contribution >= 4 is 11.6 Å². The van der Waals surface area contributed by atoms with Crippen LogP contribution in [0.25, 0.3) is 0 Å². The first kappa shape index (κ1) is 12.3. The van der Waals surface area contributed by atoms with Crippen molar-refractivity contribution in [3.63, 3.8) is 0 Å². The van der Waals surface area contributed by atoms with Gasteiger partial charge in [-0.25, -0.2) is 0 Å². The van der Waals surface area contributed by atoms with Gasteiger partial charge in [0.1, 0.15) is 0 Å². The van der Waals surface area contributed by atoms with E-state index in [9.17, 15) is 0 Å². The Labute approximate surface area is 93.2 Å². The minimum absolute atomic E-state index is 0.0744. The minimum atomic E-state index is 0.0744. The third-order valence-corrected chi connectivity index (χ3v) is 4.33. The van der Waals surface area contributed by atoms with Crippen molar-refractivity contribution in [3.05, 3.63) is 0 Å². The van der Waals surface area contributed by atoms with Crippen LogP contribution < -0.4 is 0 Å². The highest BCUT2D eigenvalue weighted by Gasteiger charge is 2.35. The van der Waals surface area contributed by atoms with Crippen LogP contribution in [0.3, 0.4) is 0 Å². The van der Waals surface area contributed by atoms with Gasteiger partial charge >= 0.3 is 0 Å². The molecular formula is C12H23ClO. The molecule has 3 unspecified atom stereocenters. The molecule has 1 heterocycles. The molecule has 1 fully saturated rings. The summed E-state index contributed by atoms with van der Waals surface area (Å²) in [5, 5.41) is 0.310. The fourth-order valence-corrected chi connectivity index (χ4v) is 2.45. The standard InChI is InChI=1S/C12H23ClO/c1-5-12(4)8-10(6-7-14-12)11(13)9(2)3/h9-11H,5-8H2,1-4H3. The third kappa shape index (κ3) is 2.87. The summed E-state index contributed by atoms with van der Waals surface area (Å²) in [6.45, 7) is 9.70. The maximum atomic E-state index is 6.42. The van der Waals surface area contributed by atoms with E-state index in [1.807, 2.05) is 0 Å². The predicted octanol–water partition coefficient (Wildman–Crippen LogP) is 3.85. The van der Waals surface area contributed by atoms with Crippen molar-refractivity contribution in [1.82, 2.24) is 0 Å². The van der Waals surface area contributed by atoms with Gasteiger partial charge in [-0.3, -0.25) is 0 Å². The lowest BCUT2D eigenvalue weighted by Gasteiger charge is -2.40. The molecule has 1 rings (SSSR count). The highest BCUT2D eigenvalue weighted by molar-refractivity contribution is 6.20. The summed E-state index contributed by atoms with van der Waals surface area (Å²) in [6, 6.07) is 0. The van der Waals surface area contributed by atoms with E-state index < -0.39 is 0 Å². The molecule has 1 saturated heterocycles. The van der Waals surface area contributed by atoms with Crippen LogP contribution in [0.2, 0.25) is 0 Å². The van der Waals surface area contributed by atoms with E-state index in [-0.39, 0.29) is 5.60 Å². The molecule has 1 nitrogen and oxygen atoms in total. The van der Waals surface area contributed by atoms with Gasteiger partial charge in [-0.2, -0.15) is 0 Å². The number of hydrogen-bond acceptors (Lipinski definition) is 1. The van der Waals surface area contributed by atoms with Gasteiger partial charge in [0.2, 0.25) is 0 Å². The molecule has 14 heavy (non-hydrogen) atoms. The summed E-state index contributed by atoms with van der Waals surface area (Å²) in [6.07, 6.45) is 3.34. The van der Waals surface area contributed by atoms with Crippen molar-refractivity contribution in [1.29, 1.82) is 0 Å². The normalized spacial score (nSPS) is 36.0. The molecule has 0 aliphatic carbocycles. The molecule has 3 atom stereocenters. The topological polar surface area (TPSA) is 9.23 Å². The van der Waals surface area contributed by atoms with Gasteiger partial charge in [0.25, 0.3) is 0 Å². The number of alkyl halides is 1. The molecule has 0 saturated carbocycles. The van der Waals surface area contributed by atoms with E-state index in [1.165, 1.54) is 0 Å². The summed E-state index contributed by atoms with van der Waals surface area (Å²) in [5.74, 6) is 1.20. The summed E-state index contributed by atoms with van der Waals surface area (Å²) < 4.78 is 5.82. The molecular weight excluding hydrogens is 196 g/mol. The maximum Gasteiger partial charge on any atom is 0.0655 e. The molecule has 0 spiro atoms. The van der Waals surface area contributed by atoms with Gasteiger partial charge in [0, 0.05) is 12.0 Å². The van der Waals surface area contributed by atoms with E-state index >= 15 is 0 Å². The zero-order valence-electron chi connectivity index (χ0n) is 9.85. The second-order valence-electron chi connectivity index (χ2n) is 5.09. The highest BCUT2D eigenvalue weighted by Crippen LogP contribution is 2.37. The maximum absolute atomic E-state index is 6.42. The second-order valence-corrected chi connectivity index (χ2v) is 5.60. The van der Waals surface area contributed by atoms with Crippen molar-refractivity contribution in [2.75, 3.05) is 6.61 Å². The molecule has 0 amide bonds. The molecule has 0 aromatic carbocycles. The molecule has 1 aliphatic heterocycles. The van der Waals surface area contributed by atoms with Gasteiger partial charge in [-0.05, 0) is 38.0 Å². The zero-order chi connectivity index (χ0) is 10.8. The Morgan fingerprint density at radius 3 is 2.64 bits per heavy atom. The molecule has 0 bridgehead atoms. The van der Waals surface area contributed by atoms with Crippen LogP contribution in [0.15, 0.2) is 0 Å². The fourth-order valence-electron chi connectivity index (χ4n) is 2.23. The van der Waals surface area contributed by atoms with Crippen LogP contribution in [0, 0.1) is 11.8 Å². The van der Waals surface area contributed by atoms with Gasteiger partial charge in [-0.15, -0.1) is 11.6 Å². The van der Waals surface area contributed by atoms with Crippen LogP contribution in [0.4, 0.5) is 0 Å². The average molecular weight is 219 g/mol. The molecule has 2 heteroatoms. The largest absolute Gasteiger partial charge is 0.375 e. The van der Waals surface area contributed by atoms with E-state index in [4.69, 9.17) is 16.3 Å². The van der Waals surface area contributed by atoms with Crippen LogP contribution in [0.5, 0.6) is 0 Å². The molecule has 1 aliphatic rings. The lowest BCUT2D eigenvalue weighted by Crippen LogP contribution is -2.40. The van der Waals surface area contributed by atoms with E-state index in [0.29, 0.717) is 17.2 Å². The van der Waals surface area contributed by atoms with E-state index in [2.05, 4.69) is 27.7 Å². The summed E-state index contributed by atoms with van der Waals surface area (Å²) in [7, 11) is 0.